The fraction of sp³-hybridized carbons (Fsp3) is 0.857. The van der Waals surface area contributed by atoms with Gasteiger partial charge in [-0.05, 0) is 0 Å². The second-order valence-electron chi connectivity index (χ2n) is 3.07. The van der Waals surface area contributed by atoms with Gasteiger partial charge in [0.1, 0.15) is 24.4 Å². The first-order valence-electron chi connectivity index (χ1n) is 3.91. The first-order valence-corrected chi connectivity index (χ1v) is 3.91. The third-order valence-corrected chi connectivity index (χ3v) is 2.21. The lowest BCUT2D eigenvalue weighted by atomic mass is 9.86. The number of aliphatic hydroxyl groups excluding tert-OH is 4. The molecule has 0 aliphatic carbocycles. The molecule has 7 heteroatoms. The number of hydrogen-bond acceptors (Lipinski definition) is 7. The van der Waals surface area contributed by atoms with Gasteiger partial charge in [-0.15, -0.1) is 0 Å². The van der Waals surface area contributed by atoms with Crippen LogP contribution in [-0.2, 0) is 4.74 Å². The molecule has 80 valence electrons. The van der Waals surface area contributed by atoms with Crippen molar-refractivity contribution in [2.45, 2.75) is 30.2 Å². The van der Waals surface area contributed by atoms with Crippen molar-refractivity contribution in [1.29, 1.82) is 5.26 Å². The van der Waals surface area contributed by atoms with Gasteiger partial charge < -0.3 is 30.3 Å². The smallest absolute Gasteiger partial charge is 0.208 e. The first-order chi connectivity index (χ1) is 6.47. The van der Waals surface area contributed by atoms with Crippen LogP contribution in [-0.4, -0.2) is 62.3 Å². The average Bonchev–Trinajstić information content (AvgIpc) is 2.20. The van der Waals surface area contributed by atoms with E-state index < -0.39 is 36.8 Å². The molecule has 1 heterocycles. The minimum Gasteiger partial charge on any atom is -0.394 e. The van der Waals surface area contributed by atoms with E-state index >= 15 is 0 Å². The molecule has 14 heavy (non-hydrogen) atoms. The number of nitriles is 1. The highest BCUT2D eigenvalue weighted by atomic mass is 16.6. The third-order valence-electron chi connectivity index (χ3n) is 2.21. The molecule has 1 aliphatic rings. The lowest BCUT2D eigenvalue weighted by molar-refractivity contribution is -0.306. The van der Waals surface area contributed by atoms with Crippen LogP contribution in [0.15, 0.2) is 0 Å². The van der Waals surface area contributed by atoms with Gasteiger partial charge in [-0.2, -0.15) is 5.26 Å². The number of ether oxygens (including phenoxy) is 1. The van der Waals surface area contributed by atoms with Gasteiger partial charge in [0.25, 0.3) is 0 Å². The van der Waals surface area contributed by atoms with Crippen LogP contribution in [0.1, 0.15) is 0 Å². The van der Waals surface area contributed by atoms with E-state index in [1.54, 1.807) is 0 Å². The van der Waals surface area contributed by atoms with Gasteiger partial charge in [0.05, 0.1) is 6.61 Å². The maximum absolute atomic E-state index is 9.53. The molecule has 5 N–H and O–H groups in total. The Morgan fingerprint density at radius 3 is 2.36 bits per heavy atom. The van der Waals surface area contributed by atoms with Crippen molar-refractivity contribution >= 4 is 0 Å². The molecular formula is C7H11NO6. The van der Waals surface area contributed by atoms with E-state index in [0.717, 1.165) is 0 Å². The van der Waals surface area contributed by atoms with Crippen molar-refractivity contribution in [2.75, 3.05) is 6.61 Å². The van der Waals surface area contributed by atoms with Crippen LogP contribution < -0.4 is 0 Å². The SMILES string of the molecule is N#C[C@]1(O)[C@H](O)[C@@H](O)[C@H](O)O[C@@H]1CO. The Hall–Kier alpha value is -0.750. The highest BCUT2D eigenvalue weighted by Crippen LogP contribution is 2.28. The Morgan fingerprint density at radius 1 is 1.36 bits per heavy atom. The lowest BCUT2D eigenvalue weighted by Crippen LogP contribution is -2.66. The van der Waals surface area contributed by atoms with Gasteiger partial charge in [-0.1, -0.05) is 0 Å². The molecule has 0 unspecified atom stereocenters. The van der Waals surface area contributed by atoms with E-state index in [2.05, 4.69) is 4.74 Å². The molecule has 1 rings (SSSR count). The Labute approximate surface area is 79.4 Å². The summed E-state index contributed by atoms with van der Waals surface area (Å²) in [6, 6.07) is 1.33. The minimum atomic E-state index is -2.42. The fourth-order valence-electron chi connectivity index (χ4n) is 1.28. The van der Waals surface area contributed by atoms with E-state index in [1.807, 2.05) is 0 Å². The molecule has 0 spiro atoms. The molecule has 0 saturated carbocycles. The molecule has 1 fully saturated rings. The van der Waals surface area contributed by atoms with Gasteiger partial charge in [0.15, 0.2) is 6.29 Å². The van der Waals surface area contributed by atoms with Gasteiger partial charge in [0, 0.05) is 0 Å². The Kier molecular flexibility index (Phi) is 3.06. The van der Waals surface area contributed by atoms with Crippen LogP contribution >= 0.6 is 0 Å². The predicted octanol–water partition coefficient (Wildman–Crippen LogP) is -3.33. The number of rotatable bonds is 1. The Morgan fingerprint density at radius 2 is 1.93 bits per heavy atom. The van der Waals surface area contributed by atoms with Gasteiger partial charge in [0.2, 0.25) is 5.60 Å². The molecule has 1 saturated heterocycles. The summed E-state index contributed by atoms with van der Waals surface area (Å²) in [5.74, 6) is 0. The summed E-state index contributed by atoms with van der Waals surface area (Å²) in [6.07, 6.45) is -6.88. The molecule has 0 amide bonds. The molecule has 5 atom stereocenters. The average molecular weight is 205 g/mol. The lowest BCUT2D eigenvalue weighted by Gasteiger charge is -2.42. The van der Waals surface area contributed by atoms with Crippen molar-refractivity contribution in [3.63, 3.8) is 0 Å². The van der Waals surface area contributed by atoms with Crippen LogP contribution in [0, 0.1) is 11.3 Å². The van der Waals surface area contributed by atoms with E-state index in [0.29, 0.717) is 0 Å². The normalized spacial score (nSPS) is 48.6. The summed E-state index contributed by atoms with van der Waals surface area (Å²) in [6.45, 7) is -0.759. The first kappa shape index (κ1) is 11.3. The standard InChI is InChI=1S/C7H11NO6/c8-2-7(13)3(1-9)14-6(12)4(10)5(7)11/h3-6,9-13H,1H2/t3-,4-,5-,6-,7-/m1/s1. The number of nitrogens with zero attached hydrogens (tertiary/aromatic N) is 1. The molecule has 1 aliphatic heterocycles. The van der Waals surface area contributed by atoms with Crippen LogP contribution in [0.4, 0.5) is 0 Å². The van der Waals surface area contributed by atoms with Crippen LogP contribution in [0.5, 0.6) is 0 Å². The zero-order valence-corrected chi connectivity index (χ0v) is 7.11. The summed E-state index contributed by atoms with van der Waals surface area (Å²) < 4.78 is 4.55. The molecule has 0 aromatic carbocycles. The van der Waals surface area contributed by atoms with E-state index in [-0.39, 0.29) is 0 Å². The summed E-state index contributed by atoms with van der Waals surface area (Å²) in [4.78, 5) is 0. The number of hydrogen-bond donors (Lipinski definition) is 5. The van der Waals surface area contributed by atoms with Gasteiger partial charge >= 0.3 is 0 Å². The van der Waals surface area contributed by atoms with Crippen molar-refractivity contribution in [2.24, 2.45) is 0 Å². The minimum absolute atomic E-state index is 0.759. The summed E-state index contributed by atoms with van der Waals surface area (Å²) in [5, 5.41) is 54.3. The van der Waals surface area contributed by atoms with E-state index in [1.165, 1.54) is 6.07 Å². The van der Waals surface area contributed by atoms with Crippen LogP contribution in [0.3, 0.4) is 0 Å². The highest BCUT2D eigenvalue weighted by molar-refractivity contribution is 5.14. The Balaban J connectivity index is 2.96. The maximum atomic E-state index is 9.53. The third kappa shape index (κ3) is 1.48. The molecule has 0 aromatic rings. The monoisotopic (exact) mass is 205 g/mol. The van der Waals surface area contributed by atoms with Crippen molar-refractivity contribution in [1.82, 2.24) is 0 Å². The summed E-state index contributed by atoms with van der Waals surface area (Å²) >= 11 is 0. The second kappa shape index (κ2) is 3.78. The fourth-order valence-corrected chi connectivity index (χ4v) is 1.28. The molecule has 0 radical (unpaired) electrons. The van der Waals surface area contributed by atoms with E-state index in [4.69, 9.17) is 20.6 Å². The zero-order valence-electron chi connectivity index (χ0n) is 7.11. The summed E-state index contributed by atoms with van der Waals surface area (Å²) in [7, 11) is 0. The quantitative estimate of drug-likeness (QED) is 0.283. The van der Waals surface area contributed by atoms with Crippen LogP contribution in [0.2, 0.25) is 0 Å². The van der Waals surface area contributed by atoms with Crippen LogP contribution in [0.25, 0.3) is 0 Å². The Bertz CT molecular complexity index is 249. The van der Waals surface area contributed by atoms with Crippen molar-refractivity contribution < 1.29 is 30.3 Å². The highest BCUT2D eigenvalue weighted by Gasteiger charge is 2.54. The number of aliphatic hydroxyl groups is 5. The van der Waals surface area contributed by atoms with Crippen molar-refractivity contribution in [3.05, 3.63) is 0 Å². The van der Waals surface area contributed by atoms with Gasteiger partial charge in [-0.25, -0.2) is 0 Å². The molecule has 7 nitrogen and oxygen atoms in total. The molecule has 0 bridgehead atoms. The maximum Gasteiger partial charge on any atom is 0.208 e. The predicted molar refractivity (Wildman–Crippen MR) is 40.5 cm³/mol. The zero-order chi connectivity index (χ0) is 10.9. The van der Waals surface area contributed by atoms with Gasteiger partial charge in [-0.3, -0.25) is 0 Å². The largest absolute Gasteiger partial charge is 0.394 e. The van der Waals surface area contributed by atoms with E-state index in [9.17, 15) is 10.2 Å². The molecule has 0 aromatic heterocycles. The molecular weight excluding hydrogens is 194 g/mol. The second-order valence-corrected chi connectivity index (χ2v) is 3.07. The summed E-state index contributed by atoms with van der Waals surface area (Å²) in [5.41, 5.74) is -2.42. The topological polar surface area (TPSA) is 134 Å². The van der Waals surface area contributed by atoms with Crippen molar-refractivity contribution in [3.8, 4) is 6.07 Å².